The van der Waals surface area contributed by atoms with Gasteiger partial charge in [0.2, 0.25) is 0 Å². The largest absolute Gasteiger partial charge is 0.333 e. The Morgan fingerprint density at radius 3 is 2.63 bits per heavy atom. The highest BCUT2D eigenvalue weighted by Crippen LogP contribution is 2.22. The van der Waals surface area contributed by atoms with Gasteiger partial charge in [-0.3, -0.25) is 14.3 Å². The van der Waals surface area contributed by atoms with E-state index in [2.05, 4.69) is 5.10 Å². The molecule has 7 heteroatoms. The van der Waals surface area contributed by atoms with E-state index in [1.165, 1.54) is 6.07 Å². The molecule has 30 heavy (non-hydrogen) atoms. The van der Waals surface area contributed by atoms with Gasteiger partial charge >= 0.3 is 0 Å². The second-order valence-electron chi connectivity index (χ2n) is 7.75. The first-order valence-corrected chi connectivity index (χ1v) is 10.1. The lowest BCUT2D eigenvalue weighted by atomic mass is 9.99. The molecule has 0 N–H and O–H groups in total. The molecule has 0 fully saturated rings. The monoisotopic (exact) mass is 408 g/mol. The molecule has 0 saturated carbocycles. The molecule has 0 unspecified atom stereocenters. The fourth-order valence-electron chi connectivity index (χ4n) is 4.11. The standard InChI is InChI=1S/C23H25FN4O2/c1-4-18-13-21(27(3)25-18)23(30)28-10-9-20-17(14-28)12-16(22(29)26(20)2)11-15-7-5-6-8-19(15)24/h5-8,12-13H,4,9-11,14H2,1-3H3. The highest BCUT2D eigenvalue weighted by atomic mass is 19.1. The molecule has 0 saturated heterocycles. The van der Waals surface area contributed by atoms with Crippen LogP contribution in [0.3, 0.4) is 0 Å². The summed E-state index contributed by atoms with van der Waals surface area (Å²) in [4.78, 5) is 27.7. The average Bonchev–Trinajstić information content (AvgIpc) is 3.13. The molecule has 0 radical (unpaired) electrons. The zero-order valence-electron chi connectivity index (χ0n) is 17.5. The van der Waals surface area contributed by atoms with Gasteiger partial charge in [-0.2, -0.15) is 5.10 Å². The number of hydrogen-bond acceptors (Lipinski definition) is 3. The lowest BCUT2D eigenvalue weighted by molar-refractivity contribution is 0.0721. The lowest BCUT2D eigenvalue weighted by Gasteiger charge is -2.30. The molecular weight excluding hydrogens is 383 g/mol. The lowest BCUT2D eigenvalue weighted by Crippen LogP contribution is -2.40. The zero-order valence-corrected chi connectivity index (χ0v) is 17.5. The van der Waals surface area contributed by atoms with E-state index >= 15 is 0 Å². The minimum absolute atomic E-state index is 0.0696. The number of rotatable bonds is 4. The number of carbonyl (C=O) groups excluding carboxylic acids is 1. The van der Waals surface area contributed by atoms with Gasteiger partial charge in [-0.05, 0) is 35.7 Å². The van der Waals surface area contributed by atoms with Crippen molar-refractivity contribution in [3.05, 3.63) is 86.3 Å². The minimum Gasteiger partial charge on any atom is -0.333 e. The topological polar surface area (TPSA) is 60.1 Å². The van der Waals surface area contributed by atoms with Crippen LogP contribution in [0.5, 0.6) is 0 Å². The molecule has 0 atom stereocenters. The first-order valence-electron chi connectivity index (χ1n) is 10.1. The van der Waals surface area contributed by atoms with E-state index in [1.807, 2.05) is 19.1 Å². The van der Waals surface area contributed by atoms with Gasteiger partial charge in [0.15, 0.2) is 0 Å². The summed E-state index contributed by atoms with van der Waals surface area (Å²) in [6.07, 6.45) is 1.60. The summed E-state index contributed by atoms with van der Waals surface area (Å²) in [7, 11) is 3.53. The van der Waals surface area contributed by atoms with Crippen molar-refractivity contribution in [2.24, 2.45) is 14.1 Å². The highest BCUT2D eigenvalue weighted by Gasteiger charge is 2.26. The van der Waals surface area contributed by atoms with Crippen molar-refractivity contribution in [2.75, 3.05) is 6.54 Å². The van der Waals surface area contributed by atoms with E-state index in [0.717, 1.165) is 23.4 Å². The smallest absolute Gasteiger partial charge is 0.272 e. The quantitative estimate of drug-likeness (QED) is 0.667. The third-order valence-corrected chi connectivity index (χ3v) is 5.82. The molecule has 0 bridgehead atoms. The van der Waals surface area contributed by atoms with Crippen LogP contribution in [-0.2, 0) is 39.9 Å². The first-order chi connectivity index (χ1) is 14.4. The van der Waals surface area contributed by atoms with E-state index in [1.54, 1.807) is 46.4 Å². The van der Waals surface area contributed by atoms with Crippen molar-refractivity contribution < 1.29 is 9.18 Å². The molecule has 156 valence electrons. The Morgan fingerprint density at radius 1 is 1.17 bits per heavy atom. The maximum absolute atomic E-state index is 14.1. The Bertz CT molecular complexity index is 1180. The number of amides is 1. The van der Waals surface area contributed by atoms with Crippen LogP contribution in [0.25, 0.3) is 0 Å². The van der Waals surface area contributed by atoms with Gasteiger partial charge in [0.25, 0.3) is 11.5 Å². The van der Waals surface area contributed by atoms with Gasteiger partial charge in [-0.25, -0.2) is 4.39 Å². The third kappa shape index (κ3) is 3.56. The molecule has 6 nitrogen and oxygen atoms in total. The molecular formula is C23H25FN4O2. The Labute approximate surface area is 174 Å². The van der Waals surface area contributed by atoms with Crippen LogP contribution in [0, 0.1) is 5.82 Å². The fourth-order valence-corrected chi connectivity index (χ4v) is 4.11. The van der Waals surface area contributed by atoms with E-state index in [4.69, 9.17) is 0 Å². The van der Waals surface area contributed by atoms with Crippen LogP contribution in [-0.4, -0.2) is 31.7 Å². The molecule has 0 spiro atoms. The van der Waals surface area contributed by atoms with Crippen LogP contribution >= 0.6 is 0 Å². The zero-order chi connectivity index (χ0) is 21.4. The molecule has 1 amide bonds. The summed E-state index contributed by atoms with van der Waals surface area (Å²) in [6, 6.07) is 10.2. The average molecular weight is 408 g/mol. The normalized spacial score (nSPS) is 13.4. The van der Waals surface area contributed by atoms with Crippen LogP contribution in [0.1, 0.15) is 45.5 Å². The number of fused-ring (bicyclic) bond motifs is 1. The summed E-state index contributed by atoms with van der Waals surface area (Å²) in [6.45, 7) is 2.96. The number of aromatic nitrogens is 3. The SMILES string of the molecule is CCc1cc(C(=O)N2CCc3c(cc(Cc4ccccc4F)c(=O)n3C)C2)n(C)n1. The van der Waals surface area contributed by atoms with Gasteiger partial charge in [-0.15, -0.1) is 0 Å². The summed E-state index contributed by atoms with van der Waals surface area (Å²) >= 11 is 0. The number of carbonyl (C=O) groups is 1. The Kier molecular flexibility index (Phi) is 5.28. The van der Waals surface area contributed by atoms with Crippen molar-refractivity contribution in [3.63, 3.8) is 0 Å². The van der Waals surface area contributed by atoms with Crippen molar-refractivity contribution in [2.45, 2.75) is 32.7 Å². The summed E-state index contributed by atoms with van der Waals surface area (Å²) in [5.74, 6) is -0.392. The Hall–Kier alpha value is -3.22. The fraction of sp³-hybridized carbons (Fsp3) is 0.348. The van der Waals surface area contributed by atoms with Crippen LogP contribution in [0.2, 0.25) is 0 Å². The number of hydrogen-bond donors (Lipinski definition) is 0. The predicted octanol–water partition coefficient (Wildman–Crippen LogP) is 2.61. The summed E-state index contributed by atoms with van der Waals surface area (Å²) < 4.78 is 17.4. The third-order valence-electron chi connectivity index (χ3n) is 5.82. The van der Waals surface area contributed by atoms with Gasteiger partial charge in [0.1, 0.15) is 11.5 Å². The molecule has 1 aromatic carbocycles. The predicted molar refractivity (Wildman–Crippen MR) is 112 cm³/mol. The van der Waals surface area contributed by atoms with E-state index in [-0.39, 0.29) is 23.7 Å². The maximum atomic E-state index is 14.1. The number of nitrogens with zero attached hydrogens (tertiary/aromatic N) is 4. The van der Waals surface area contributed by atoms with Crippen LogP contribution < -0.4 is 5.56 Å². The second-order valence-corrected chi connectivity index (χ2v) is 7.75. The van der Waals surface area contributed by atoms with Gasteiger partial charge < -0.3 is 9.47 Å². The number of pyridine rings is 1. The number of benzene rings is 1. The van der Waals surface area contributed by atoms with E-state index < -0.39 is 0 Å². The van der Waals surface area contributed by atoms with Crippen molar-refractivity contribution in [1.82, 2.24) is 19.2 Å². The highest BCUT2D eigenvalue weighted by molar-refractivity contribution is 5.92. The minimum atomic E-state index is -0.322. The molecule has 3 aromatic rings. The number of aryl methyl sites for hydroxylation is 2. The van der Waals surface area contributed by atoms with Crippen LogP contribution in [0.4, 0.5) is 4.39 Å². The summed E-state index contributed by atoms with van der Waals surface area (Å²) in [5, 5.41) is 4.37. The van der Waals surface area contributed by atoms with Gasteiger partial charge in [0.05, 0.1) is 5.69 Å². The van der Waals surface area contributed by atoms with Gasteiger partial charge in [0, 0.05) is 51.3 Å². The Morgan fingerprint density at radius 2 is 1.93 bits per heavy atom. The maximum Gasteiger partial charge on any atom is 0.272 e. The molecule has 3 heterocycles. The van der Waals surface area contributed by atoms with Crippen molar-refractivity contribution in [3.8, 4) is 0 Å². The first kappa shape index (κ1) is 20.1. The van der Waals surface area contributed by atoms with Crippen LogP contribution in [0.15, 0.2) is 41.2 Å². The molecule has 1 aliphatic rings. The van der Waals surface area contributed by atoms with Gasteiger partial charge in [-0.1, -0.05) is 25.1 Å². The van der Waals surface area contributed by atoms with Crippen molar-refractivity contribution in [1.29, 1.82) is 0 Å². The molecule has 2 aromatic heterocycles. The molecule has 0 aliphatic carbocycles. The van der Waals surface area contributed by atoms with E-state index in [9.17, 15) is 14.0 Å². The Balaban J connectivity index is 1.65. The summed E-state index contributed by atoms with van der Waals surface area (Å²) in [5.41, 5.74) is 4.21. The number of halogens is 1. The van der Waals surface area contributed by atoms with E-state index in [0.29, 0.717) is 36.3 Å². The second kappa shape index (κ2) is 7.89. The van der Waals surface area contributed by atoms with Crippen molar-refractivity contribution >= 4 is 5.91 Å². The molecule has 1 aliphatic heterocycles. The molecule has 4 rings (SSSR count).